The molecule has 0 N–H and O–H groups in total. The minimum Gasteiger partial charge on any atom is -0.455 e. The summed E-state index contributed by atoms with van der Waals surface area (Å²) in [6.45, 7) is 4.70. The predicted octanol–water partition coefficient (Wildman–Crippen LogP) is 17.2. The second-order valence-electron chi connectivity index (χ2n) is 17.3. The Labute approximate surface area is 368 Å². The molecule has 63 heavy (non-hydrogen) atoms. The lowest BCUT2D eigenvalue weighted by Gasteiger charge is -2.28. The van der Waals surface area contributed by atoms with Crippen molar-refractivity contribution < 1.29 is 4.42 Å². The molecule has 11 aromatic rings. The van der Waals surface area contributed by atoms with Gasteiger partial charge in [0.05, 0.1) is 0 Å². The minimum atomic E-state index is -0.135. The third-order valence-corrected chi connectivity index (χ3v) is 13.3. The van der Waals surface area contributed by atoms with Crippen LogP contribution in [0.3, 0.4) is 0 Å². The molecule has 12 rings (SSSR count). The van der Waals surface area contributed by atoms with Crippen LogP contribution in [0.5, 0.6) is 0 Å². The zero-order valence-electron chi connectivity index (χ0n) is 35.2. The largest absolute Gasteiger partial charge is 0.455 e. The van der Waals surface area contributed by atoms with Crippen molar-refractivity contribution in [2.45, 2.75) is 19.3 Å². The average molecular weight is 806 g/mol. The molecule has 1 aromatic heterocycles. The van der Waals surface area contributed by atoms with Gasteiger partial charge in [-0.15, -0.1) is 0 Å². The van der Waals surface area contributed by atoms with E-state index in [0.29, 0.717) is 0 Å². The Morgan fingerprint density at radius 1 is 0.349 bits per heavy atom. The second-order valence-corrected chi connectivity index (χ2v) is 17.3. The fourth-order valence-corrected chi connectivity index (χ4v) is 10.0. The Bertz CT molecular complexity index is 3490. The van der Waals surface area contributed by atoms with Gasteiger partial charge in [-0.1, -0.05) is 190 Å². The molecule has 298 valence electrons. The van der Waals surface area contributed by atoms with Crippen LogP contribution < -0.4 is 4.90 Å². The molecule has 1 aliphatic carbocycles. The maximum atomic E-state index is 7.06. The SMILES string of the molecule is CC1(C)c2ccccc2-c2ccc(N(c3ccc(-c4ccc(-c5ccccc5)cc4)cc3)c3ccc4c(c3)oc3c(-c5ccc(-c6ccccc6)cc5)c5ccccc5cc34)cc21. The highest BCUT2D eigenvalue weighted by atomic mass is 16.3. The molecule has 0 bridgehead atoms. The van der Waals surface area contributed by atoms with Gasteiger partial charge in [-0.25, -0.2) is 0 Å². The first-order valence-corrected chi connectivity index (χ1v) is 21.8. The molecule has 0 spiro atoms. The smallest absolute Gasteiger partial charge is 0.143 e. The van der Waals surface area contributed by atoms with E-state index in [1.165, 1.54) is 66.4 Å². The van der Waals surface area contributed by atoms with E-state index in [9.17, 15) is 0 Å². The van der Waals surface area contributed by atoms with Gasteiger partial charge in [0.15, 0.2) is 0 Å². The molecule has 2 heteroatoms. The van der Waals surface area contributed by atoms with Gasteiger partial charge in [0.25, 0.3) is 0 Å². The summed E-state index contributed by atoms with van der Waals surface area (Å²) < 4.78 is 7.06. The van der Waals surface area contributed by atoms with Gasteiger partial charge in [-0.05, 0) is 114 Å². The first-order chi connectivity index (χ1) is 31.0. The van der Waals surface area contributed by atoms with Crippen LogP contribution in [0.1, 0.15) is 25.0 Å². The van der Waals surface area contributed by atoms with Crippen molar-refractivity contribution in [2.24, 2.45) is 0 Å². The summed E-state index contributed by atoms with van der Waals surface area (Å²) in [6.07, 6.45) is 0. The summed E-state index contributed by atoms with van der Waals surface area (Å²) in [6, 6.07) is 81.4. The van der Waals surface area contributed by atoms with Crippen molar-refractivity contribution in [3.63, 3.8) is 0 Å². The molecular weight excluding hydrogens is 763 g/mol. The van der Waals surface area contributed by atoms with Crippen LogP contribution in [0.4, 0.5) is 17.1 Å². The highest BCUT2D eigenvalue weighted by molar-refractivity contribution is 6.18. The van der Waals surface area contributed by atoms with Crippen molar-refractivity contribution in [1.82, 2.24) is 0 Å². The lowest BCUT2D eigenvalue weighted by Crippen LogP contribution is -2.16. The number of rotatable bonds is 7. The van der Waals surface area contributed by atoms with Gasteiger partial charge in [0.1, 0.15) is 11.2 Å². The van der Waals surface area contributed by atoms with E-state index >= 15 is 0 Å². The van der Waals surface area contributed by atoms with E-state index in [4.69, 9.17) is 4.42 Å². The van der Waals surface area contributed by atoms with E-state index in [-0.39, 0.29) is 5.41 Å². The summed E-state index contributed by atoms with van der Waals surface area (Å²) in [5.74, 6) is 0. The maximum absolute atomic E-state index is 7.06. The van der Waals surface area contributed by atoms with E-state index in [2.05, 4.69) is 243 Å². The third-order valence-electron chi connectivity index (χ3n) is 13.3. The molecule has 0 fully saturated rings. The van der Waals surface area contributed by atoms with Crippen LogP contribution in [-0.2, 0) is 5.41 Å². The van der Waals surface area contributed by atoms with Crippen molar-refractivity contribution in [2.75, 3.05) is 4.90 Å². The Kier molecular flexibility index (Phi) is 8.55. The monoisotopic (exact) mass is 805 g/mol. The number of hydrogen-bond donors (Lipinski definition) is 0. The van der Waals surface area contributed by atoms with Gasteiger partial charge >= 0.3 is 0 Å². The van der Waals surface area contributed by atoms with Gasteiger partial charge in [-0.2, -0.15) is 0 Å². The van der Waals surface area contributed by atoms with E-state index < -0.39 is 0 Å². The van der Waals surface area contributed by atoms with Crippen LogP contribution >= 0.6 is 0 Å². The Balaban J connectivity index is 0.992. The molecule has 0 aliphatic heterocycles. The molecule has 0 saturated heterocycles. The molecular formula is C61H43NO. The molecule has 1 heterocycles. The van der Waals surface area contributed by atoms with Crippen LogP contribution in [0, 0.1) is 0 Å². The van der Waals surface area contributed by atoms with Gasteiger partial charge < -0.3 is 9.32 Å². The fraction of sp³-hybridized carbons (Fsp3) is 0.0492. The minimum absolute atomic E-state index is 0.135. The first kappa shape index (κ1) is 36.9. The predicted molar refractivity (Wildman–Crippen MR) is 265 cm³/mol. The van der Waals surface area contributed by atoms with Gasteiger partial charge in [0, 0.05) is 44.9 Å². The molecule has 1 aliphatic rings. The summed E-state index contributed by atoms with van der Waals surface area (Å²) in [5, 5.41) is 4.58. The van der Waals surface area contributed by atoms with Crippen molar-refractivity contribution >= 4 is 49.8 Å². The Morgan fingerprint density at radius 3 is 1.51 bits per heavy atom. The van der Waals surface area contributed by atoms with Gasteiger partial charge in [0.2, 0.25) is 0 Å². The quantitative estimate of drug-likeness (QED) is 0.160. The van der Waals surface area contributed by atoms with E-state index in [1.54, 1.807) is 0 Å². The topological polar surface area (TPSA) is 16.4 Å². The van der Waals surface area contributed by atoms with Crippen molar-refractivity contribution in [3.8, 4) is 55.6 Å². The summed E-state index contributed by atoms with van der Waals surface area (Å²) in [7, 11) is 0. The average Bonchev–Trinajstić information content (AvgIpc) is 3.82. The van der Waals surface area contributed by atoms with Gasteiger partial charge in [-0.3, -0.25) is 0 Å². The molecule has 10 aromatic carbocycles. The standard InChI is InChI=1S/C61H43NO/c1-61(2)56-20-12-11-19-52(56)53-35-33-49(38-57(53)61)62(48-31-29-45(30-32-48)44-23-21-42(22-24-44)40-13-5-3-6-14-40)50-34-36-54-55-37-47-17-9-10-18-51(47)59(60(55)63-58(54)39-50)46-27-25-43(26-28-46)41-15-7-4-8-16-41/h3-39H,1-2H3. The highest BCUT2D eigenvalue weighted by Crippen LogP contribution is 2.51. The molecule has 0 atom stereocenters. The lowest BCUT2D eigenvalue weighted by atomic mass is 9.82. The third kappa shape index (κ3) is 6.17. The summed E-state index contributed by atoms with van der Waals surface area (Å²) in [5.41, 5.74) is 19.6. The number of fused-ring (bicyclic) bond motifs is 7. The van der Waals surface area contributed by atoms with Crippen molar-refractivity contribution in [3.05, 3.63) is 236 Å². The normalized spacial score (nSPS) is 12.7. The lowest BCUT2D eigenvalue weighted by molar-refractivity contribution is 0.660. The van der Waals surface area contributed by atoms with Crippen LogP contribution in [0.25, 0.3) is 88.3 Å². The Morgan fingerprint density at radius 2 is 0.841 bits per heavy atom. The zero-order chi connectivity index (χ0) is 42.1. The molecule has 2 nitrogen and oxygen atoms in total. The van der Waals surface area contributed by atoms with Crippen LogP contribution in [0.15, 0.2) is 229 Å². The van der Waals surface area contributed by atoms with E-state index in [1.807, 2.05) is 0 Å². The maximum Gasteiger partial charge on any atom is 0.143 e. The molecule has 0 saturated carbocycles. The second kappa shape index (κ2) is 14.6. The van der Waals surface area contributed by atoms with Crippen molar-refractivity contribution in [1.29, 1.82) is 0 Å². The number of anilines is 3. The summed E-state index contributed by atoms with van der Waals surface area (Å²) in [4.78, 5) is 2.38. The number of nitrogens with zero attached hydrogens (tertiary/aromatic N) is 1. The van der Waals surface area contributed by atoms with E-state index in [0.717, 1.165) is 50.1 Å². The Hall–Kier alpha value is -7.94. The van der Waals surface area contributed by atoms with Crippen LogP contribution in [-0.4, -0.2) is 0 Å². The molecule has 0 radical (unpaired) electrons. The fourth-order valence-electron chi connectivity index (χ4n) is 10.0. The highest BCUT2D eigenvalue weighted by Gasteiger charge is 2.35. The molecule has 0 unspecified atom stereocenters. The molecule has 0 amide bonds. The zero-order valence-corrected chi connectivity index (χ0v) is 35.2. The summed E-state index contributed by atoms with van der Waals surface area (Å²) >= 11 is 0. The first-order valence-electron chi connectivity index (χ1n) is 21.8. The number of benzene rings is 10. The number of hydrogen-bond acceptors (Lipinski definition) is 2. The van der Waals surface area contributed by atoms with Crippen LogP contribution in [0.2, 0.25) is 0 Å². The number of furan rings is 1.